The molecule has 1 atom stereocenters. The SMILES string of the molecule is COc1cccc(C2C(C(=O)c3cc4cccc(OC)c4o3)=C(O)C(=O)N2c2cccc(C(F)(F)F)c2)c1. The van der Waals surface area contributed by atoms with Gasteiger partial charge in [0.25, 0.3) is 5.91 Å². The zero-order chi connectivity index (χ0) is 27.2. The Hall–Kier alpha value is -4.73. The van der Waals surface area contributed by atoms with Gasteiger partial charge in [0.1, 0.15) is 5.75 Å². The number of furan rings is 1. The maximum absolute atomic E-state index is 13.8. The number of Topliss-reactive ketones (excluding diaryl/α,β-unsaturated/α-hetero) is 1. The van der Waals surface area contributed by atoms with Gasteiger partial charge in [-0.2, -0.15) is 13.2 Å². The molecule has 1 aliphatic heterocycles. The number of anilines is 1. The maximum atomic E-state index is 13.8. The van der Waals surface area contributed by atoms with Gasteiger partial charge in [-0.15, -0.1) is 0 Å². The van der Waals surface area contributed by atoms with Gasteiger partial charge >= 0.3 is 6.18 Å². The van der Waals surface area contributed by atoms with Crippen LogP contribution in [0.2, 0.25) is 0 Å². The highest BCUT2D eigenvalue weighted by Crippen LogP contribution is 2.44. The number of hydrogen-bond donors (Lipinski definition) is 1. The van der Waals surface area contributed by atoms with Crippen molar-refractivity contribution in [2.45, 2.75) is 12.2 Å². The number of nitrogens with zero attached hydrogens (tertiary/aromatic N) is 1. The van der Waals surface area contributed by atoms with E-state index in [1.807, 2.05) is 0 Å². The quantitative estimate of drug-likeness (QED) is 0.301. The van der Waals surface area contributed by atoms with Crippen molar-refractivity contribution in [2.75, 3.05) is 19.1 Å². The standard InChI is InChI=1S/C28H20F3NO6/c1-36-19-10-3-6-15(12-19)23-22(24(33)21-13-16-7-4-11-20(37-2)26(16)38-21)25(34)27(35)32(23)18-9-5-8-17(14-18)28(29,30)31/h3-14,23,34H,1-2H3. The lowest BCUT2D eigenvalue weighted by Crippen LogP contribution is -2.31. The third-order valence-electron chi connectivity index (χ3n) is 6.27. The lowest BCUT2D eigenvalue weighted by atomic mass is 9.94. The number of para-hydroxylation sites is 1. The smallest absolute Gasteiger partial charge is 0.416 e. The number of methoxy groups -OCH3 is 2. The predicted octanol–water partition coefficient (Wildman–Crippen LogP) is 6.25. The summed E-state index contributed by atoms with van der Waals surface area (Å²) < 4.78 is 56.7. The van der Waals surface area contributed by atoms with Crippen LogP contribution in [0.4, 0.5) is 18.9 Å². The zero-order valence-corrected chi connectivity index (χ0v) is 20.1. The molecule has 1 amide bonds. The Bertz CT molecular complexity index is 1600. The molecular formula is C28H20F3NO6. The Labute approximate surface area is 214 Å². The minimum absolute atomic E-state index is 0.154. The van der Waals surface area contributed by atoms with Gasteiger partial charge in [0, 0.05) is 11.1 Å². The fourth-order valence-corrected chi connectivity index (χ4v) is 4.50. The predicted molar refractivity (Wildman–Crippen MR) is 131 cm³/mol. The van der Waals surface area contributed by atoms with Gasteiger partial charge in [0.2, 0.25) is 5.78 Å². The molecule has 1 unspecified atom stereocenters. The lowest BCUT2D eigenvalue weighted by molar-refractivity contribution is -0.137. The number of amides is 1. The molecule has 7 nitrogen and oxygen atoms in total. The summed E-state index contributed by atoms with van der Waals surface area (Å²) in [6.07, 6.45) is -4.67. The first-order valence-electron chi connectivity index (χ1n) is 11.3. The molecule has 0 spiro atoms. The second kappa shape index (κ2) is 9.29. The van der Waals surface area contributed by atoms with Crippen LogP contribution < -0.4 is 14.4 Å². The normalized spacial score (nSPS) is 15.9. The van der Waals surface area contributed by atoms with Gasteiger partial charge in [-0.05, 0) is 48.0 Å². The number of aliphatic hydroxyl groups is 1. The van der Waals surface area contributed by atoms with E-state index in [1.54, 1.807) is 36.4 Å². The van der Waals surface area contributed by atoms with Crippen molar-refractivity contribution in [3.8, 4) is 11.5 Å². The molecular weight excluding hydrogens is 503 g/mol. The number of hydrogen-bond acceptors (Lipinski definition) is 6. The van der Waals surface area contributed by atoms with Gasteiger partial charge in [-0.1, -0.05) is 30.3 Å². The van der Waals surface area contributed by atoms with Crippen molar-refractivity contribution < 1.29 is 41.8 Å². The first-order chi connectivity index (χ1) is 18.1. The molecule has 1 aromatic heterocycles. The topological polar surface area (TPSA) is 89.2 Å². The van der Waals surface area contributed by atoms with Gasteiger partial charge < -0.3 is 19.0 Å². The second-order valence-electron chi connectivity index (χ2n) is 8.48. The molecule has 0 fully saturated rings. The average Bonchev–Trinajstić information content (AvgIpc) is 3.47. The van der Waals surface area contributed by atoms with Crippen LogP contribution in [-0.4, -0.2) is 31.0 Å². The molecule has 1 aliphatic rings. The monoisotopic (exact) mass is 523 g/mol. The van der Waals surface area contributed by atoms with Gasteiger partial charge in [0.15, 0.2) is 22.9 Å². The molecule has 0 aliphatic carbocycles. The van der Waals surface area contributed by atoms with Crippen LogP contribution in [0.3, 0.4) is 0 Å². The number of aliphatic hydroxyl groups excluding tert-OH is 1. The molecule has 3 aromatic carbocycles. The van der Waals surface area contributed by atoms with E-state index in [1.165, 1.54) is 32.4 Å². The van der Waals surface area contributed by atoms with E-state index in [-0.39, 0.29) is 22.6 Å². The Morgan fingerprint density at radius 3 is 2.42 bits per heavy atom. The molecule has 10 heteroatoms. The Morgan fingerprint density at radius 1 is 0.974 bits per heavy atom. The summed E-state index contributed by atoms with van der Waals surface area (Å²) in [7, 11) is 2.86. The van der Waals surface area contributed by atoms with E-state index < -0.39 is 35.2 Å². The van der Waals surface area contributed by atoms with Crippen LogP contribution in [0.15, 0.2) is 88.5 Å². The van der Waals surface area contributed by atoms with Crippen LogP contribution in [-0.2, 0) is 11.0 Å². The third kappa shape index (κ3) is 4.13. The van der Waals surface area contributed by atoms with E-state index in [4.69, 9.17) is 13.9 Å². The van der Waals surface area contributed by atoms with Crippen LogP contribution in [0.25, 0.3) is 11.0 Å². The average molecular weight is 523 g/mol. The molecule has 4 aromatic rings. The first kappa shape index (κ1) is 24.9. The van der Waals surface area contributed by atoms with Crippen molar-refractivity contribution in [3.05, 3.63) is 101 Å². The van der Waals surface area contributed by atoms with E-state index in [0.29, 0.717) is 22.4 Å². The highest BCUT2D eigenvalue weighted by Gasteiger charge is 2.46. The largest absolute Gasteiger partial charge is 0.503 e. The summed E-state index contributed by atoms with van der Waals surface area (Å²) >= 11 is 0. The number of benzene rings is 3. The number of fused-ring (bicyclic) bond motifs is 1. The van der Waals surface area contributed by atoms with E-state index in [0.717, 1.165) is 23.1 Å². The summed E-state index contributed by atoms with van der Waals surface area (Å²) in [5, 5.41) is 11.5. The molecule has 0 saturated heterocycles. The van der Waals surface area contributed by atoms with Crippen LogP contribution >= 0.6 is 0 Å². The molecule has 0 bridgehead atoms. The summed E-state index contributed by atoms with van der Waals surface area (Å²) in [6, 6.07) is 15.7. The Kier molecular flexibility index (Phi) is 6.10. The van der Waals surface area contributed by atoms with Crippen molar-refractivity contribution in [1.29, 1.82) is 0 Å². The number of carbonyl (C=O) groups excluding carboxylic acids is 2. The van der Waals surface area contributed by atoms with Crippen molar-refractivity contribution >= 4 is 28.3 Å². The summed E-state index contributed by atoms with van der Waals surface area (Å²) in [5.41, 5.74) is -0.876. The Balaban J connectivity index is 1.68. The highest BCUT2D eigenvalue weighted by molar-refractivity contribution is 6.20. The minimum atomic E-state index is -4.67. The summed E-state index contributed by atoms with van der Waals surface area (Å²) in [4.78, 5) is 28.1. The van der Waals surface area contributed by atoms with Crippen molar-refractivity contribution in [3.63, 3.8) is 0 Å². The van der Waals surface area contributed by atoms with Gasteiger partial charge in [-0.3, -0.25) is 14.5 Å². The highest BCUT2D eigenvalue weighted by atomic mass is 19.4. The number of carbonyl (C=O) groups is 2. The second-order valence-corrected chi connectivity index (χ2v) is 8.48. The summed E-state index contributed by atoms with van der Waals surface area (Å²) in [6.45, 7) is 0. The molecule has 0 saturated carbocycles. The molecule has 0 radical (unpaired) electrons. The first-order valence-corrected chi connectivity index (χ1v) is 11.3. The molecule has 194 valence electrons. The fourth-order valence-electron chi connectivity index (χ4n) is 4.50. The number of rotatable bonds is 6. The lowest BCUT2D eigenvalue weighted by Gasteiger charge is -2.27. The number of alkyl halides is 3. The third-order valence-corrected chi connectivity index (χ3v) is 6.27. The molecule has 2 heterocycles. The van der Waals surface area contributed by atoms with E-state index >= 15 is 0 Å². The molecule has 5 rings (SSSR count). The summed E-state index contributed by atoms with van der Waals surface area (Å²) in [5.74, 6) is -2.17. The van der Waals surface area contributed by atoms with Crippen molar-refractivity contribution in [1.82, 2.24) is 0 Å². The molecule has 38 heavy (non-hydrogen) atoms. The number of halogens is 3. The van der Waals surface area contributed by atoms with Crippen LogP contribution in [0.5, 0.6) is 11.5 Å². The maximum Gasteiger partial charge on any atom is 0.416 e. The van der Waals surface area contributed by atoms with Gasteiger partial charge in [0.05, 0.1) is 31.4 Å². The Morgan fingerprint density at radius 2 is 1.71 bits per heavy atom. The van der Waals surface area contributed by atoms with Crippen LogP contribution in [0, 0.1) is 0 Å². The van der Waals surface area contributed by atoms with Crippen molar-refractivity contribution in [2.24, 2.45) is 0 Å². The zero-order valence-electron chi connectivity index (χ0n) is 20.1. The number of ether oxygens (including phenoxy) is 2. The number of ketones is 1. The fraction of sp³-hybridized carbons (Fsp3) is 0.143. The van der Waals surface area contributed by atoms with E-state index in [9.17, 15) is 27.9 Å². The molecule has 1 N–H and O–H groups in total. The minimum Gasteiger partial charge on any atom is -0.503 e. The van der Waals surface area contributed by atoms with Gasteiger partial charge in [-0.25, -0.2) is 0 Å². The van der Waals surface area contributed by atoms with E-state index in [2.05, 4.69) is 0 Å². The van der Waals surface area contributed by atoms with Crippen LogP contribution in [0.1, 0.15) is 27.7 Å².